The summed E-state index contributed by atoms with van der Waals surface area (Å²) in [7, 11) is 1.65. The summed E-state index contributed by atoms with van der Waals surface area (Å²) in [6.45, 7) is 0.104. The molecule has 2 atom stereocenters. The van der Waals surface area contributed by atoms with E-state index in [1.165, 1.54) is 0 Å². The van der Waals surface area contributed by atoms with E-state index in [9.17, 15) is 22.8 Å². The van der Waals surface area contributed by atoms with Crippen LogP contribution >= 0.6 is 12.4 Å². The topological polar surface area (TPSA) is 52.7 Å². The van der Waals surface area contributed by atoms with E-state index in [2.05, 4.69) is 5.32 Å². The number of nitrogens with zero attached hydrogens (tertiary/aromatic N) is 2. The van der Waals surface area contributed by atoms with Gasteiger partial charge in [-0.2, -0.15) is 13.2 Å². The average Bonchev–Trinajstić information content (AvgIpc) is 2.96. The molecule has 0 aliphatic carbocycles. The monoisotopic (exact) mass is 329 g/mol. The zero-order chi connectivity index (χ0) is 14.9. The van der Waals surface area contributed by atoms with Gasteiger partial charge in [0, 0.05) is 32.6 Å². The molecule has 0 aromatic rings. The number of halogens is 4. The Kier molecular flexibility index (Phi) is 5.86. The van der Waals surface area contributed by atoms with Crippen molar-refractivity contribution in [3.63, 3.8) is 0 Å². The fourth-order valence-electron chi connectivity index (χ4n) is 2.74. The molecule has 2 aliphatic rings. The molecule has 2 rings (SSSR count). The first-order valence-corrected chi connectivity index (χ1v) is 6.60. The number of likely N-dealkylation sites (N-methyl/N-ethyl adjacent to an activating group) is 1. The van der Waals surface area contributed by atoms with E-state index in [1.807, 2.05) is 0 Å². The number of carbonyl (C=O) groups is 2. The summed E-state index contributed by atoms with van der Waals surface area (Å²) in [5, 5.41) is 3.13. The van der Waals surface area contributed by atoms with Gasteiger partial charge in [0.05, 0.1) is 5.92 Å². The van der Waals surface area contributed by atoms with Gasteiger partial charge < -0.3 is 15.1 Å². The minimum Gasteiger partial charge on any atom is -0.341 e. The fraction of sp³-hybridized carbons (Fsp3) is 0.833. The highest BCUT2D eigenvalue weighted by Crippen LogP contribution is 2.25. The Morgan fingerprint density at radius 2 is 2.14 bits per heavy atom. The van der Waals surface area contributed by atoms with Crippen molar-refractivity contribution in [2.24, 2.45) is 5.92 Å². The molecule has 0 bridgehead atoms. The van der Waals surface area contributed by atoms with Crippen molar-refractivity contribution in [2.75, 3.05) is 33.2 Å². The lowest BCUT2D eigenvalue weighted by atomic mass is 10.1. The van der Waals surface area contributed by atoms with Crippen molar-refractivity contribution < 1.29 is 22.8 Å². The van der Waals surface area contributed by atoms with Crippen molar-refractivity contribution in [1.82, 2.24) is 15.1 Å². The highest BCUT2D eigenvalue weighted by atomic mass is 35.5. The van der Waals surface area contributed by atoms with Gasteiger partial charge in [-0.05, 0) is 13.0 Å². The van der Waals surface area contributed by atoms with E-state index in [0.29, 0.717) is 6.54 Å². The first-order valence-electron chi connectivity index (χ1n) is 6.60. The molecule has 122 valence electrons. The van der Waals surface area contributed by atoms with E-state index in [1.54, 1.807) is 11.9 Å². The van der Waals surface area contributed by atoms with E-state index in [-0.39, 0.29) is 37.3 Å². The molecular weight excluding hydrogens is 311 g/mol. The number of hydrogen-bond donors (Lipinski definition) is 1. The van der Waals surface area contributed by atoms with E-state index in [4.69, 9.17) is 0 Å². The molecule has 0 saturated carbocycles. The van der Waals surface area contributed by atoms with Gasteiger partial charge >= 0.3 is 6.18 Å². The molecule has 0 radical (unpaired) electrons. The molecule has 0 spiro atoms. The number of likely N-dealkylation sites (tertiary alicyclic amines) is 1. The van der Waals surface area contributed by atoms with E-state index in [0.717, 1.165) is 17.9 Å². The number of amides is 2. The summed E-state index contributed by atoms with van der Waals surface area (Å²) >= 11 is 0. The Hall–Kier alpha value is -1.02. The van der Waals surface area contributed by atoms with Crippen molar-refractivity contribution in [2.45, 2.75) is 25.1 Å². The molecule has 0 aromatic heterocycles. The lowest BCUT2D eigenvalue weighted by Gasteiger charge is -2.26. The normalized spacial score (nSPS) is 25.9. The zero-order valence-electron chi connectivity index (χ0n) is 11.7. The molecule has 2 fully saturated rings. The van der Waals surface area contributed by atoms with Crippen molar-refractivity contribution >= 4 is 24.2 Å². The Morgan fingerprint density at radius 1 is 1.48 bits per heavy atom. The standard InChI is InChI=1S/C12H18F3N3O2.ClH/c1-17(9-2-3-16-5-9)11(20)8-4-10(19)18(6-8)7-12(13,14)15;/h8-9,16H,2-7H2,1H3;1H. The van der Waals surface area contributed by atoms with E-state index >= 15 is 0 Å². The number of rotatable bonds is 3. The minimum absolute atomic E-state index is 0. The van der Waals surface area contributed by atoms with Gasteiger partial charge in [-0.25, -0.2) is 0 Å². The van der Waals surface area contributed by atoms with Crippen LogP contribution in [0.2, 0.25) is 0 Å². The quantitative estimate of drug-likeness (QED) is 0.827. The van der Waals surface area contributed by atoms with Crippen molar-refractivity contribution in [3.05, 3.63) is 0 Å². The Morgan fingerprint density at radius 3 is 2.67 bits per heavy atom. The fourth-order valence-corrected chi connectivity index (χ4v) is 2.74. The Bertz CT molecular complexity index is 400. The smallest absolute Gasteiger partial charge is 0.341 e. The molecule has 2 saturated heterocycles. The van der Waals surface area contributed by atoms with Crippen LogP contribution in [0.15, 0.2) is 0 Å². The predicted octanol–water partition coefficient (Wildman–Crippen LogP) is 0.639. The average molecular weight is 330 g/mol. The van der Waals surface area contributed by atoms with Crippen LogP contribution in [-0.2, 0) is 9.59 Å². The van der Waals surface area contributed by atoms with Crippen LogP contribution < -0.4 is 5.32 Å². The maximum absolute atomic E-state index is 12.3. The van der Waals surface area contributed by atoms with E-state index < -0.39 is 24.5 Å². The second-order valence-corrected chi connectivity index (χ2v) is 5.39. The van der Waals surface area contributed by atoms with Crippen LogP contribution in [0, 0.1) is 5.92 Å². The lowest BCUT2D eigenvalue weighted by molar-refractivity contribution is -0.157. The van der Waals surface area contributed by atoms with Gasteiger partial charge in [-0.3, -0.25) is 9.59 Å². The van der Waals surface area contributed by atoms with Gasteiger partial charge in [0.1, 0.15) is 6.54 Å². The van der Waals surface area contributed by atoms with Crippen molar-refractivity contribution in [3.8, 4) is 0 Å². The summed E-state index contributed by atoms with van der Waals surface area (Å²) in [5.41, 5.74) is 0. The number of hydrogen-bond acceptors (Lipinski definition) is 3. The minimum atomic E-state index is -4.42. The first kappa shape index (κ1) is 18.0. The van der Waals surface area contributed by atoms with Gasteiger partial charge in [0.15, 0.2) is 0 Å². The van der Waals surface area contributed by atoms with Crippen molar-refractivity contribution in [1.29, 1.82) is 0 Å². The molecule has 2 aliphatic heterocycles. The first-order chi connectivity index (χ1) is 9.28. The van der Waals surface area contributed by atoms with Crippen LogP contribution in [-0.4, -0.2) is 67.1 Å². The van der Waals surface area contributed by atoms with Crippen LogP contribution in [0.3, 0.4) is 0 Å². The number of alkyl halides is 3. The predicted molar refractivity (Wildman–Crippen MR) is 72.0 cm³/mol. The summed E-state index contributed by atoms with van der Waals surface area (Å²) < 4.78 is 36.9. The van der Waals surface area contributed by atoms with Gasteiger partial charge in [0.2, 0.25) is 11.8 Å². The number of nitrogens with one attached hydrogen (secondary N) is 1. The van der Waals surface area contributed by atoms with Crippen LogP contribution in [0.25, 0.3) is 0 Å². The molecule has 2 amide bonds. The van der Waals surface area contributed by atoms with Crippen LogP contribution in [0.5, 0.6) is 0 Å². The molecule has 2 unspecified atom stereocenters. The molecule has 21 heavy (non-hydrogen) atoms. The second-order valence-electron chi connectivity index (χ2n) is 5.39. The van der Waals surface area contributed by atoms with Gasteiger partial charge in [-0.15, -0.1) is 12.4 Å². The maximum Gasteiger partial charge on any atom is 0.406 e. The summed E-state index contributed by atoms with van der Waals surface area (Å²) in [6.07, 6.45) is -3.72. The molecule has 9 heteroatoms. The highest BCUT2D eigenvalue weighted by Gasteiger charge is 2.42. The third kappa shape index (κ3) is 4.47. The Balaban J connectivity index is 0.00000220. The molecule has 1 N–H and O–H groups in total. The molecule has 0 aromatic carbocycles. The zero-order valence-corrected chi connectivity index (χ0v) is 12.5. The third-order valence-corrected chi connectivity index (χ3v) is 3.86. The SMILES string of the molecule is CN(C(=O)C1CC(=O)N(CC(F)(F)F)C1)C1CCNC1.Cl. The largest absolute Gasteiger partial charge is 0.406 e. The highest BCUT2D eigenvalue weighted by molar-refractivity contribution is 5.89. The van der Waals surface area contributed by atoms with Gasteiger partial charge in [0.25, 0.3) is 0 Å². The summed E-state index contributed by atoms with van der Waals surface area (Å²) in [4.78, 5) is 26.1. The second kappa shape index (κ2) is 6.83. The number of carbonyl (C=O) groups excluding carboxylic acids is 2. The third-order valence-electron chi connectivity index (χ3n) is 3.86. The Labute approximate surface area is 127 Å². The lowest BCUT2D eigenvalue weighted by Crippen LogP contribution is -2.43. The summed E-state index contributed by atoms with van der Waals surface area (Å²) in [6, 6.07) is 0.0641. The van der Waals surface area contributed by atoms with Crippen LogP contribution in [0.4, 0.5) is 13.2 Å². The molecule has 2 heterocycles. The summed E-state index contributed by atoms with van der Waals surface area (Å²) in [5.74, 6) is -1.49. The molecule has 5 nitrogen and oxygen atoms in total. The van der Waals surface area contributed by atoms with Gasteiger partial charge in [-0.1, -0.05) is 0 Å². The molecular formula is C12H19ClF3N3O2. The maximum atomic E-state index is 12.3. The van der Waals surface area contributed by atoms with Crippen LogP contribution in [0.1, 0.15) is 12.8 Å².